The summed E-state index contributed by atoms with van der Waals surface area (Å²) in [4.78, 5) is 0. The first kappa shape index (κ1) is 29.1. The predicted octanol–water partition coefficient (Wildman–Crippen LogP) is -1.99. The van der Waals surface area contributed by atoms with E-state index in [-0.39, 0.29) is 25.5 Å². The molecule has 1 saturated carbocycles. The van der Waals surface area contributed by atoms with E-state index in [1.165, 1.54) is 38.5 Å². The predicted molar refractivity (Wildman–Crippen MR) is 114 cm³/mol. The van der Waals surface area contributed by atoms with Crippen molar-refractivity contribution in [2.24, 2.45) is 0 Å². The van der Waals surface area contributed by atoms with Crippen LogP contribution in [0.25, 0.3) is 0 Å². The van der Waals surface area contributed by atoms with E-state index in [4.69, 9.17) is 20.2 Å². The van der Waals surface area contributed by atoms with Gasteiger partial charge in [-0.15, -0.1) is 0 Å². The Morgan fingerprint density at radius 2 is 1.39 bits per heavy atom. The molecule has 0 aromatic carbocycles. The number of rotatable bonds is 4. The normalized spacial score (nSPS) is 27.8. The second kappa shape index (κ2) is 21.4. The molecule has 2 fully saturated rings. The topological polar surface area (TPSA) is 72.2 Å². The molecule has 0 aromatic rings. The Morgan fingerprint density at radius 1 is 0.857 bits per heavy atom. The van der Waals surface area contributed by atoms with Crippen molar-refractivity contribution in [3.63, 3.8) is 0 Å². The molecule has 0 aromatic heterocycles. The first-order chi connectivity index (χ1) is 13.3. The van der Waals surface area contributed by atoms with Gasteiger partial charge in [0.15, 0.2) is 0 Å². The average molecular weight is 502 g/mol. The van der Waals surface area contributed by atoms with Crippen LogP contribution in [0.5, 0.6) is 0 Å². The van der Waals surface area contributed by atoms with Crippen molar-refractivity contribution in [1.29, 1.82) is 0 Å². The number of hydrogen-bond acceptors (Lipinski definition) is 6. The van der Waals surface area contributed by atoms with Crippen molar-refractivity contribution in [2.45, 2.75) is 56.7 Å². The van der Waals surface area contributed by atoms with Crippen LogP contribution in [0.3, 0.4) is 0 Å². The van der Waals surface area contributed by atoms with Gasteiger partial charge < -0.3 is 44.3 Å². The van der Waals surface area contributed by atoms with Crippen molar-refractivity contribution in [1.82, 2.24) is 31.9 Å². The second-order valence-corrected chi connectivity index (χ2v) is 9.26. The molecule has 0 bridgehead atoms. The summed E-state index contributed by atoms with van der Waals surface area (Å²) in [6, 6.07) is 1.85. The van der Waals surface area contributed by atoms with Gasteiger partial charge in [0.1, 0.15) is 0 Å². The summed E-state index contributed by atoms with van der Waals surface area (Å²) in [6.45, 7) is 8.55. The molecule has 1 aliphatic carbocycles. The Balaban J connectivity index is 0.00000171. The van der Waals surface area contributed by atoms with E-state index in [0.717, 1.165) is 52.4 Å². The van der Waals surface area contributed by atoms with Gasteiger partial charge in [0, 0.05) is 63.9 Å². The van der Waals surface area contributed by atoms with Gasteiger partial charge in [-0.2, -0.15) is 0 Å². The standard InChI is InChI=1S/C18H40N6.3ClH.Mn/c1-19-8-4-5-16-15-24-18-7-3-2-6-17(18)23-14-12-21-10-9-20-11-13-22-16;;;;/h16-24H,2-15H2,1H3;3*1H;/q;;;;+2/p-3/t16-,17+,18+;;;;/m0..../s1. The van der Waals surface area contributed by atoms with Crippen LogP contribution in [-0.4, -0.2) is 77.5 Å². The summed E-state index contributed by atoms with van der Waals surface area (Å²) in [5.41, 5.74) is 0. The molecule has 1 aliphatic heterocycles. The van der Waals surface area contributed by atoms with Gasteiger partial charge in [-0.3, -0.25) is 0 Å². The van der Waals surface area contributed by atoms with Gasteiger partial charge in [0.25, 0.3) is 0 Å². The third kappa shape index (κ3) is 15.0. The SMILES string of the molecule is CNCCC[C@H]1CN[C@@H]2CCCC[C@H]2NCCNCCNCCN1.[Cl-].[Cl][Mn][Cl]. The summed E-state index contributed by atoms with van der Waals surface area (Å²) in [5, 5.41) is 21.7. The van der Waals surface area contributed by atoms with Crippen LogP contribution in [0.15, 0.2) is 0 Å². The van der Waals surface area contributed by atoms with Crippen LogP contribution in [0.2, 0.25) is 0 Å². The maximum absolute atomic E-state index is 4.80. The molecular weight excluding hydrogens is 462 g/mol. The van der Waals surface area contributed by atoms with E-state index in [2.05, 4.69) is 31.9 Å². The average Bonchev–Trinajstić information content (AvgIpc) is 2.68. The van der Waals surface area contributed by atoms with Gasteiger partial charge in [-0.25, -0.2) is 0 Å². The van der Waals surface area contributed by atoms with Crippen molar-refractivity contribution in [3.05, 3.63) is 0 Å². The molecule has 1 heterocycles. The zero-order chi connectivity index (χ0) is 19.6. The maximum atomic E-state index is 4.80. The van der Waals surface area contributed by atoms with E-state index in [1.54, 1.807) is 0 Å². The molecule has 0 amide bonds. The molecule has 3 atom stereocenters. The fraction of sp³-hybridized carbons (Fsp3) is 1.00. The van der Waals surface area contributed by atoms with Gasteiger partial charge in [0.2, 0.25) is 0 Å². The van der Waals surface area contributed by atoms with Crippen molar-refractivity contribution < 1.29 is 25.5 Å². The minimum absolute atomic E-state index is 0. The molecule has 10 heteroatoms. The first-order valence-electron chi connectivity index (χ1n) is 10.4. The molecule has 0 spiro atoms. The molecule has 2 aliphatic rings. The molecular formula is C18H40Cl3MnN6-. The molecule has 0 radical (unpaired) electrons. The number of hydrogen-bond donors (Lipinski definition) is 6. The summed E-state index contributed by atoms with van der Waals surface area (Å²) in [7, 11) is 11.6. The number of nitrogens with one attached hydrogen (secondary N) is 6. The van der Waals surface area contributed by atoms with E-state index < -0.39 is 0 Å². The summed E-state index contributed by atoms with van der Waals surface area (Å²) in [5.74, 6) is 0. The second-order valence-electron chi connectivity index (χ2n) is 7.31. The molecule has 6 nitrogen and oxygen atoms in total. The Hall–Kier alpha value is 1.15. The van der Waals surface area contributed by atoms with Gasteiger partial charge in [-0.05, 0) is 39.3 Å². The van der Waals surface area contributed by atoms with E-state index in [0.29, 0.717) is 18.1 Å². The van der Waals surface area contributed by atoms with Crippen LogP contribution in [-0.2, 0) is 13.1 Å². The van der Waals surface area contributed by atoms with Crippen molar-refractivity contribution in [2.75, 3.05) is 59.4 Å². The Labute approximate surface area is 193 Å². The monoisotopic (exact) mass is 500 g/mol. The molecule has 171 valence electrons. The van der Waals surface area contributed by atoms with Crippen LogP contribution < -0.4 is 44.3 Å². The molecule has 0 unspecified atom stereocenters. The summed E-state index contributed by atoms with van der Waals surface area (Å²) >= 11 is 0.00694. The van der Waals surface area contributed by atoms with Crippen molar-refractivity contribution >= 4 is 20.2 Å². The quantitative estimate of drug-likeness (QED) is 0.198. The van der Waals surface area contributed by atoms with Gasteiger partial charge in [-0.1, -0.05) is 12.8 Å². The van der Waals surface area contributed by atoms with Crippen LogP contribution in [0.1, 0.15) is 38.5 Å². The third-order valence-electron chi connectivity index (χ3n) is 5.29. The fourth-order valence-electron chi connectivity index (χ4n) is 3.85. The van der Waals surface area contributed by atoms with Gasteiger partial charge >= 0.3 is 33.3 Å². The summed E-state index contributed by atoms with van der Waals surface area (Å²) in [6.07, 6.45) is 7.85. The zero-order valence-electron chi connectivity index (χ0n) is 17.1. The van der Waals surface area contributed by atoms with Crippen LogP contribution in [0.4, 0.5) is 0 Å². The Morgan fingerprint density at radius 3 is 2.00 bits per heavy atom. The zero-order valence-corrected chi connectivity index (χ0v) is 20.6. The Kier molecular flexibility index (Phi) is 22.3. The number of fused-ring (bicyclic) bond motifs is 1. The van der Waals surface area contributed by atoms with E-state index in [1.807, 2.05) is 7.05 Å². The van der Waals surface area contributed by atoms with E-state index >= 15 is 0 Å². The minimum atomic E-state index is 0. The molecule has 28 heavy (non-hydrogen) atoms. The molecule has 6 N–H and O–H groups in total. The Bertz CT molecular complexity index is 334. The van der Waals surface area contributed by atoms with Gasteiger partial charge in [0.05, 0.1) is 0 Å². The fourth-order valence-corrected chi connectivity index (χ4v) is 3.85. The molecule has 2 rings (SSSR count). The molecule has 1 saturated heterocycles. The summed E-state index contributed by atoms with van der Waals surface area (Å²) < 4.78 is 0. The van der Waals surface area contributed by atoms with E-state index in [9.17, 15) is 0 Å². The first-order valence-corrected chi connectivity index (χ1v) is 13.7. The third-order valence-corrected chi connectivity index (χ3v) is 5.29. The van der Waals surface area contributed by atoms with Crippen molar-refractivity contribution in [3.8, 4) is 0 Å². The number of halogens is 3. The van der Waals surface area contributed by atoms with Crippen LogP contribution in [0, 0.1) is 0 Å². The van der Waals surface area contributed by atoms with Crippen LogP contribution >= 0.6 is 20.2 Å².